The lowest BCUT2D eigenvalue weighted by atomic mass is 9.99. The minimum absolute atomic E-state index is 0.0568. The average molecular weight is 351 g/mol. The van der Waals surface area contributed by atoms with Gasteiger partial charge in [0.1, 0.15) is 5.82 Å². The molecule has 2 heterocycles. The van der Waals surface area contributed by atoms with Crippen LogP contribution < -0.4 is 5.32 Å². The number of rotatable bonds is 2. The Bertz CT molecular complexity index is 642. The molecule has 0 radical (unpaired) electrons. The first-order valence-corrected chi connectivity index (χ1v) is 8.29. The van der Waals surface area contributed by atoms with E-state index >= 15 is 0 Å². The van der Waals surface area contributed by atoms with Crippen LogP contribution in [0.3, 0.4) is 0 Å². The van der Waals surface area contributed by atoms with Crippen molar-refractivity contribution in [2.45, 2.75) is 32.6 Å². The third-order valence-electron chi connectivity index (χ3n) is 3.51. The van der Waals surface area contributed by atoms with E-state index in [0.29, 0.717) is 5.82 Å². The van der Waals surface area contributed by atoms with E-state index in [2.05, 4.69) is 26.2 Å². The van der Waals surface area contributed by atoms with Gasteiger partial charge in [-0.3, -0.25) is 4.79 Å². The Balaban J connectivity index is 1.78. The zero-order valence-electron chi connectivity index (χ0n) is 11.2. The van der Waals surface area contributed by atoms with Gasteiger partial charge in [-0.15, -0.1) is 11.3 Å². The van der Waals surface area contributed by atoms with Crippen molar-refractivity contribution in [1.29, 1.82) is 0 Å². The van der Waals surface area contributed by atoms with Gasteiger partial charge in [0, 0.05) is 15.5 Å². The van der Waals surface area contributed by atoms with Gasteiger partial charge in [-0.1, -0.05) is 0 Å². The van der Waals surface area contributed by atoms with E-state index in [9.17, 15) is 4.79 Å². The van der Waals surface area contributed by atoms with Crippen LogP contribution in [0.4, 0.5) is 5.82 Å². The second kappa shape index (κ2) is 5.66. The molecular weight excluding hydrogens is 336 g/mol. The predicted molar refractivity (Wildman–Crippen MR) is 85.6 cm³/mol. The molecule has 0 unspecified atom stereocenters. The largest absolute Gasteiger partial charge is 0.306 e. The van der Waals surface area contributed by atoms with Crippen molar-refractivity contribution in [2.75, 3.05) is 5.32 Å². The van der Waals surface area contributed by atoms with Crippen LogP contribution in [-0.2, 0) is 12.8 Å². The van der Waals surface area contributed by atoms with Crippen molar-refractivity contribution in [1.82, 2.24) is 4.98 Å². The lowest BCUT2D eigenvalue weighted by molar-refractivity contribution is 0.103. The van der Waals surface area contributed by atoms with Crippen LogP contribution in [-0.4, -0.2) is 10.9 Å². The summed E-state index contributed by atoms with van der Waals surface area (Å²) in [7, 11) is 0. The molecule has 0 saturated heterocycles. The second-order valence-electron chi connectivity index (χ2n) is 5.04. The van der Waals surface area contributed by atoms with Crippen LogP contribution in [0.25, 0.3) is 0 Å². The third-order valence-corrected chi connectivity index (χ3v) is 5.57. The van der Waals surface area contributed by atoms with Gasteiger partial charge >= 0.3 is 0 Å². The summed E-state index contributed by atoms with van der Waals surface area (Å²) in [6.45, 7) is 1.98. The molecule has 0 aromatic carbocycles. The SMILES string of the molecule is Cc1cc(NC(=O)c2cc3c(s2)CCCC3)ncc1Br. The summed E-state index contributed by atoms with van der Waals surface area (Å²) in [5.74, 6) is 0.542. The normalized spacial score (nSPS) is 13.9. The van der Waals surface area contributed by atoms with E-state index < -0.39 is 0 Å². The molecule has 1 N–H and O–H groups in total. The van der Waals surface area contributed by atoms with Crippen LogP contribution >= 0.6 is 27.3 Å². The molecule has 0 spiro atoms. The summed E-state index contributed by atoms with van der Waals surface area (Å²) < 4.78 is 0.946. The average Bonchev–Trinajstić information content (AvgIpc) is 2.87. The lowest BCUT2D eigenvalue weighted by Crippen LogP contribution is -2.11. The van der Waals surface area contributed by atoms with Crippen molar-refractivity contribution in [3.8, 4) is 0 Å². The molecule has 1 amide bonds. The van der Waals surface area contributed by atoms with E-state index in [1.165, 1.54) is 23.3 Å². The van der Waals surface area contributed by atoms with Gasteiger partial charge in [-0.25, -0.2) is 4.98 Å². The number of anilines is 1. The third kappa shape index (κ3) is 2.79. The maximum atomic E-state index is 12.3. The van der Waals surface area contributed by atoms with Crippen molar-refractivity contribution in [3.63, 3.8) is 0 Å². The fourth-order valence-electron chi connectivity index (χ4n) is 2.39. The number of carbonyl (C=O) groups excluding carboxylic acids is 1. The molecule has 2 aromatic rings. The second-order valence-corrected chi connectivity index (χ2v) is 7.03. The molecule has 5 heteroatoms. The Kier molecular flexibility index (Phi) is 3.89. The minimum Gasteiger partial charge on any atom is -0.306 e. The smallest absolute Gasteiger partial charge is 0.266 e. The summed E-state index contributed by atoms with van der Waals surface area (Å²) in [5.41, 5.74) is 2.41. The number of pyridine rings is 1. The molecule has 2 aromatic heterocycles. The molecule has 0 bridgehead atoms. The first-order chi connectivity index (χ1) is 9.63. The molecule has 3 nitrogen and oxygen atoms in total. The fourth-order valence-corrected chi connectivity index (χ4v) is 3.75. The van der Waals surface area contributed by atoms with E-state index in [-0.39, 0.29) is 5.91 Å². The molecule has 0 fully saturated rings. The van der Waals surface area contributed by atoms with Crippen molar-refractivity contribution < 1.29 is 4.79 Å². The van der Waals surface area contributed by atoms with Crippen LogP contribution in [0.15, 0.2) is 22.8 Å². The Hall–Kier alpha value is -1.20. The van der Waals surface area contributed by atoms with Gasteiger partial charge in [0.05, 0.1) is 4.88 Å². The number of hydrogen-bond donors (Lipinski definition) is 1. The van der Waals surface area contributed by atoms with Crippen LogP contribution in [0.1, 0.15) is 38.5 Å². The molecule has 0 aliphatic heterocycles. The maximum absolute atomic E-state index is 12.3. The van der Waals surface area contributed by atoms with E-state index in [4.69, 9.17) is 0 Å². The highest BCUT2D eigenvalue weighted by molar-refractivity contribution is 9.10. The van der Waals surface area contributed by atoms with Gasteiger partial charge in [-0.05, 0) is 71.8 Å². The quantitative estimate of drug-likeness (QED) is 0.874. The number of hydrogen-bond acceptors (Lipinski definition) is 3. The molecule has 0 atom stereocenters. The van der Waals surface area contributed by atoms with Crippen LogP contribution in [0, 0.1) is 6.92 Å². The number of nitrogens with one attached hydrogen (secondary N) is 1. The van der Waals surface area contributed by atoms with Gasteiger partial charge in [0.2, 0.25) is 0 Å². The number of fused-ring (bicyclic) bond motifs is 1. The van der Waals surface area contributed by atoms with E-state index in [1.54, 1.807) is 17.5 Å². The molecular formula is C15H15BrN2OS. The topological polar surface area (TPSA) is 42.0 Å². The summed E-state index contributed by atoms with van der Waals surface area (Å²) >= 11 is 5.03. The van der Waals surface area contributed by atoms with Crippen LogP contribution in [0.5, 0.6) is 0 Å². The Morgan fingerprint density at radius 1 is 1.35 bits per heavy atom. The number of nitrogens with zero attached hydrogens (tertiary/aromatic N) is 1. The molecule has 20 heavy (non-hydrogen) atoms. The highest BCUT2D eigenvalue weighted by Crippen LogP contribution is 2.30. The first-order valence-electron chi connectivity index (χ1n) is 6.68. The monoisotopic (exact) mass is 350 g/mol. The molecule has 104 valence electrons. The van der Waals surface area contributed by atoms with Gasteiger partial charge in [-0.2, -0.15) is 0 Å². The van der Waals surface area contributed by atoms with Crippen molar-refractivity contribution >= 4 is 39.0 Å². The maximum Gasteiger partial charge on any atom is 0.266 e. The summed E-state index contributed by atoms with van der Waals surface area (Å²) in [5, 5.41) is 2.87. The highest BCUT2D eigenvalue weighted by atomic mass is 79.9. The molecule has 1 aliphatic rings. The first kappa shape index (κ1) is 13.8. The fraction of sp³-hybridized carbons (Fsp3) is 0.333. The summed E-state index contributed by atoms with van der Waals surface area (Å²) in [4.78, 5) is 18.7. The molecule has 1 aliphatic carbocycles. The zero-order valence-corrected chi connectivity index (χ0v) is 13.6. The van der Waals surface area contributed by atoms with Crippen molar-refractivity contribution in [3.05, 3.63) is 43.7 Å². The predicted octanol–water partition coefficient (Wildman–Crippen LogP) is 4.35. The highest BCUT2D eigenvalue weighted by Gasteiger charge is 2.17. The Morgan fingerprint density at radius 3 is 2.90 bits per heavy atom. The number of aryl methyl sites for hydroxylation is 3. The van der Waals surface area contributed by atoms with E-state index in [0.717, 1.165) is 27.8 Å². The minimum atomic E-state index is -0.0568. The molecule has 3 rings (SSSR count). The molecule has 0 saturated carbocycles. The lowest BCUT2D eigenvalue weighted by Gasteiger charge is -2.08. The van der Waals surface area contributed by atoms with Gasteiger partial charge in [0.25, 0.3) is 5.91 Å². The number of halogens is 1. The van der Waals surface area contributed by atoms with E-state index in [1.807, 2.05) is 19.1 Å². The Labute approximate surface area is 130 Å². The number of amides is 1. The summed E-state index contributed by atoms with van der Waals surface area (Å²) in [6, 6.07) is 3.91. The Morgan fingerprint density at radius 2 is 2.15 bits per heavy atom. The van der Waals surface area contributed by atoms with Gasteiger partial charge in [0.15, 0.2) is 0 Å². The number of aromatic nitrogens is 1. The standard InChI is InChI=1S/C15H15BrN2OS/c1-9-6-14(17-8-11(9)16)18-15(19)13-7-10-4-2-3-5-12(10)20-13/h6-8H,2-5H2,1H3,(H,17,18,19). The zero-order chi connectivity index (χ0) is 14.1. The van der Waals surface area contributed by atoms with Crippen LogP contribution in [0.2, 0.25) is 0 Å². The van der Waals surface area contributed by atoms with Crippen molar-refractivity contribution in [2.24, 2.45) is 0 Å². The van der Waals surface area contributed by atoms with Gasteiger partial charge < -0.3 is 5.32 Å². The number of thiophene rings is 1. The summed E-state index contributed by atoms with van der Waals surface area (Å²) in [6.07, 6.45) is 6.41. The number of carbonyl (C=O) groups is 1.